The molecule has 0 aliphatic heterocycles. The zero-order chi connectivity index (χ0) is 15.4. The molecule has 4 nitrogen and oxygen atoms in total. The maximum absolute atomic E-state index is 6.12. The Kier molecular flexibility index (Phi) is 5.51. The molecule has 2 rings (SSSR count). The van der Waals surface area contributed by atoms with Crippen molar-refractivity contribution in [3.63, 3.8) is 0 Å². The van der Waals surface area contributed by atoms with E-state index in [4.69, 9.17) is 27.9 Å². The molecular weight excluding hydrogens is 309 g/mol. The summed E-state index contributed by atoms with van der Waals surface area (Å²) in [5, 5.41) is 4.51. The molecule has 114 valence electrons. The van der Waals surface area contributed by atoms with Crippen molar-refractivity contribution in [2.24, 2.45) is 0 Å². The number of nitrogens with zero attached hydrogens (tertiary/aromatic N) is 2. The maximum Gasteiger partial charge on any atom is 0.142 e. The molecule has 6 heteroatoms. The van der Waals surface area contributed by atoms with E-state index in [-0.39, 0.29) is 0 Å². The van der Waals surface area contributed by atoms with E-state index in [0.29, 0.717) is 22.3 Å². The molecule has 1 heterocycles. The Balaban J connectivity index is 1.93. The Morgan fingerprint density at radius 2 is 2.05 bits per heavy atom. The fourth-order valence-corrected chi connectivity index (χ4v) is 2.78. The Hall–Kier alpha value is -1.23. The van der Waals surface area contributed by atoms with Crippen LogP contribution in [0.5, 0.6) is 5.75 Å². The molecular formula is C15H19Cl2N3O. The highest BCUT2D eigenvalue weighted by molar-refractivity contribution is 6.35. The fourth-order valence-electron chi connectivity index (χ4n) is 2.17. The highest BCUT2D eigenvalue weighted by Gasteiger charge is 2.09. The van der Waals surface area contributed by atoms with Gasteiger partial charge in [-0.05, 0) is 26.0 Å². The second-order valence-corrected chi connectivity index (χ2v) is 5.71. The number of benzene rings is 1. The summed E-state index contributed by atoms with van der Waals surface area (Å²) in [4.78, 5) is 4.28. The van der Waals surface area contributed by atoms with Crippen LogP contribution in [0.15, 0.2) is 18.5 Å². The van der Waals surface area contributed by atoms with Crippen LogP contribution < -0.4 is 10.1 Å². The van der Waals surface area contributed by atoms with Crippen LogP contribution in [-0.2, 0) is 13.1 Å². The Bertz CT molecular complexity index is 626. The zero-order valence-corrected chi connectivity index (χ0v) is 13.9. The number of nitrogens with one attached hydrogen (secondary N) is 1. The van der Waals surface area contributed by atoms with Crippen molar-refractivity contribution in [3.8, 4) is 5.75 Å². The summed E-state index contributed by atoms with van der Waals surface area (Å²) in [6.45, 7) is 6.42. The van der Waals surface area contributed by atoms with Gasteiger partial charge in [0, 0.05) is 35.9 Å². The third-order valence-electron chi connectivity index (χ3n) is 3.48. The number of rotatable bonds is 6. The SMILES string of the molecule is COc1c(Cl)cc(Cl)cc1CNCCn1cnc(C)c1C. The average molecular weight is 328 g/mol. The molecule has 0 aliphatic carbocycles. The molecule has 0 amide bonds. The van der Waals surface area contributed by atoms with Crippen molar-refractivity contribution in [2.45, 2.75) is 26.9 Å². The molecule has 0 fully saturated rings. The summed E-state index contributed by atoms with van der Waals surface area (Å²) in [6.07, 6.45) is 1.86. The van der Waals surface area contributed by atoms with E-state index in [2.05, 4.69) is 21.8 Å². The molecule has 1 aromatic heterocycles. The Morgan fingerprint density at radius 1 is 1.29 bits per heavy atom. The van der Waals surface area contributed by atoms with E-state index in [1.165, 1.54) is 5.69 Å². The molecule has 0 bridgehead atoms. The van der Waals surface area contributed by atoms with Gasteiger partial charge in [0.2, 0.25) is 0 Å². The zero-order valence-electron chi connectivity index (χ0n) is 12.4. The third kappa shape index (κ3) is 3.90. The number of halogens is 2. The minimum absolute atomic E-state index is 0.530. The number of aromatic nitrogens is 2. The third-order valence-corrected chi connectivity index (χ3v) is 3.98. The second-order valence-electron chi connectivity index (χ2n) is 4.87. The lowest BCUT2D eigenvalue weighted by atomic mass is 10.2. The van der Waals surface area contributed by atoms with Gasteiger partial charge in [-0.25, -0.2) is 4.98 Å². The van der Waals surface area contributed by atoms with Crippen LogP contribution in [0.3, 0.4) is 0 Å². The van der Waals surface area contributed by atoms with Gasteiger partial charge in [0.15, 0.2) is 0 Å². The van der Waals surface area contributed by atoms with E-state index in [0.717, 1.165) is 24.3 Å². The predicted molar refractivity (Wildman–Crippen MR) is 86.4 cm³/mol. The van der Waals surface area contributed by atoms with Gasteiger partial charge in [0.25, 0.3) is 0 Å². The number of imidazole rings is 1. The highest BCUT2D eigenvalue weighted by atomic mass is 35.5. The van der Waals surface area contributed by atoms with Crippen molar-refractivity contribution >= 4 is 23.2 Å². The first-order valence-corrected chi connectivity index (χ1v) is 7.49. The molecule has 21 heavy (non-hydrogen) atoms. The summed E-state index contributed by atoms with van der Waals surface area (Å²) in [5.41, 5.74) is 3.21. The van der Waals surface area contributed by atoms with Crippen LogP contribution in [0.2, 0.25) is 10.0 Å². The lowest BCUT2D eigenvalue weighted by Gasteiger charge is -2.12. The van der Waals surface area contributed by atoms with Gasteiger partial charge in [-0.3, -0.25) is 0 Å². The van der Waals surface area contributed by atoms with Gasteiger partial charge in [-0.1, -0.05) is 23.2 Å². The quantitative estimate of drug-likeness (QED) is 0.824. The molecule has 2 aromatic rings. The number of hydrogen-bond donors (Lipinski definition) is 1. The smallest absolute Gasteiger partial charge is 0.142 e. The van der Waals surface area contributed by atoms with Crippen LogP contribution in [0, 0.1) is 13.8 Å². The molecule has 0 aliphatic rings. The van der Waals surface area contributed by atoms with Crippen LogP contribution in [-0.4, -0.2) is 23.2 Å². The lowest BCUT2D eigenvalue weighted by molar-refractivity contribution is 0.407. The predicted octanol–water partition coefficient (Wildman–Crippen LogP) is 3.61. The lowest BCUT2D eigenvalue weighted by Crippen LogP contribution is -2.20. The monoisotopic (exact) mass is 327 g/mol. The maximum atomic E-state index is 6.12. The molecule has 0 atom stereocenters. The van der Waals surface area contributed by atoms with Crippen molar-refractivity contribution in [1.82, 2.24) is 14.9 Å². The molecule has 0 saturated carbocycles. The molecule has 0 saturated heterocycles. The minimum atomic E-state index is 0.530. The van der Waals surface area contributed by atoms with Crippen LogP contribution in [0.4, 0.5) is 0 Å². The van der Waals surface area contributed by atoms with Gasteiger partial charge < -0.3 is 14.6 Å². The first kappa shape index (κ1) is 16.1. The number of ether oxygens (including phenoxy) is 1. The topological polar surface area (TPSA) is 39.1 Å². The summed E-state index contributed by atoms with van der Waals surface area (Å²) in [6, 6.07) is 3.55. The normalized spacial score (nSPS) is 10.9. The molecule has 0 spiro atoms. The fraction of sp³-hybridized carbons (Fsp3) is 0.400. The first-order chi connectivity index (χ1) is 10.0. The van der Waals surface area contributed by atoms with Gasteiger partial charge in [-0.2, -0.15) is 0 Å². The second kappa shape index (κ2) is 7.16. The average Bonchev–Trinajstić information content (AvgIpc) is 2.75. The highest BCUT2D eigenvalue weighted by Crippen LogP contribution is 2.31. The van der Waals surface area contributed by atoms with Gasteiger partial charge >= 0.3 is 0 Å². The largest absolute Gasteiger partial charge is 0.495 e. The molecule has 1 aromatic carbocycles. The number of methoxy groups -OCH3 is 1. The van der Waals surface area contributed by atoms with E-state index >= 15 is 0 Å². The van der Waals surface area contributed by atoms with Gasteiger partial charge in [-0.15, -0.1) is 0 Å². The Labute approximate surface area is 135 Å². The van der Waals surface area contributed by atoms with E-state index in [1.807, 2.05) is 19.3 Å². The van der Waals surface area contributed by atoms with E-state index < -0.39 is 0 Å². The van der Waals surface area contributed by atoms with Crippen LogP contribution >= 0.6 is 23.2 Å². The molecule has 0 radical (unpaired) electrons. The minimum Gasteiger partial charge on any atom is -0.495 e. The summed E-state index contributed by atoms with van der Waals surface area (Å²) >= 11 is 12.1. The van der Waals surface area contributed by atoms with Crippen molar-refractivity contribution in [3.05, 3.63) is 45.5 Å². The van der Waals surface area contributed by atoms with E-state index in [1.54, 1.807) is 13.2 Å². The van der Waals surface area contributed by atoms with Crippen LogP contribution in [0.25, 0.3) is 0 Å². The van der Waals surface area contributed by atoms with Gasteiger partial charge in [0.1, 0.15) is 5.75 Å². The molecule has 1 N–H and O–H groups in total. The van der Waals surface area contributed by atoms with Crippen LogP contribution in [0.1, 0.15) is 17.0 Å². The Morgan fingerprint density at radius 3 is 2.67 bits per heavy atom. The number of hydrogen-bond acceptors (Lipinski definition) is 3. The van der Waals surface area contributed by atoms with Gasteiger partial charge in [0.05, 0.1) is 24.2 Å². The standard InChI is InChI=1S/C15H19Cl2N3O/c1-10-11(2)20(9-19-10)5-4-18-8-12-6-13(16)7-14(17)15(12)21-3/h6-7,9,18H,4-5,8H2,1-3H3. The number of aryl methyl sites for hydroxylation is 1. The summed E-state index contributed by atoms with van der Waals surface area (Å²) in [5.74, 6) is 0.670. The van der Waals surface area contributed by atoms with Crippen molar-refractivity contribution in [2.75, 3.05) is 13.7 Å². The van der Waals surface area contributed by atoms with Crippen molar-refractivity contribution < 1.29 is 4.74 Å². The first-order valence-electron chi connectivity index (χ1n) is 6.74. The van der Waals surface area contributed by atoms with Crippen molar-refractivity contribution in [1.29, 1.82) is 0 Å². The summed E-state index contributed by atoms with van der Waals surface area (Å²) < 4.78 is 7.45. The molecule has 0 unspecified atom stereocenters. The summed E-state index contributed by atoms with van der Waals surface area (Å²) in [7, 11) is 1.61. The van der Waals surface area contributed by atoms with E-state index in [9.17, 15) is 0 Å².